The third-order valence-electron chi connectivity index (χ3n) is 3.84. The van der Waals surface area contributed by atoms with Crippen LogP contribution in [0.4, 0.5) is 0 Å². The second kappa shape index (κ2) is 8.04. The van der Waals surface area contributed by atoms with Gasteiger partial charge in [-0.3, -0.25) is 0 Å². The Balaban J connectivity index is 1.87. The fourth-order valence-electron chi connectivity index (χ4n) is 2.52. The maximum absolute atomic E-state index is 12.9. The number of nitrogens with zero attached hydrogens (tertiary/aromatic N) is 3. The van der Waals surface area contributed by atoms with Crippen molar-refractivity contribution in [3.63, 3.8) is 0 Å². The number of aryl methyl sites for hydroxylation is 1. The smallest absolute Gasteiger partial charge is 0.243 e. The maximum Gasteiger partial charge on any atom is 0.243 e. The van der Waals surface area contributed by atoms with Crippen LogP contribution >= 0.6 is 11.6 Å². The second-order valence-electron chi connectivity index (χ2n) is 5.92. The fraction of sp³-hybridized carbons (Fsp3) is 0.158. The lowest BCUT2D eigenvalue weighted by molar-refractivity contribution is 0.327. The van der Waals surface area contributed by atoms with Crippen molar-refractivity contribution in [1.29, 1.82) is 0 Å². The Bertz CT molecular complexity index is 1050. The standard InChI is InChI=1S/C19H18ClN3O3S/c1-3-11-23(27(24,25)17-9-7-16(20)8-10-17)13-18-21-19(22-26-18)15-6-4-5-14(2)12-15/h3-10,12H,1,11,13H2,2H3. The molecule has 3 aromatic rings. The molecule has 6 nitrogen and oxygen atoms in total. The number of sulfonamides is 1. The molecule has 0 aliphatic carbocycles. The Morgan fingerprint density at radius 3 is 2.63 bits per heavy atom. The molecule has 0 amide bonds. The van der Waals surface area contributed by atoms with E-state index >= 15 is 0 Å². The third-order valence-corrected chi connectivity index (χ3v) is 5.92. The average molecular weight is 404 g/mol. The summed E-state index contributed by atoms with van der Waals surface area (Å²) in [5.74, 6) is 0.613. The van der Waals surface area contributed by atoms with Gasteiger partial charge in [-0.25, -0.2) is 8.42 Å². The molecule has 0 aliphatic rings. The molecule has 27 heavy (non-hydrogen) atoms. The van der Waals surface area contributed by atoms with Gasteiger partial charge in [0.15, 0.2) is 0 Å². The van der Waals surface area contributed by atoms with E-state index in [1.807, 2.05) is 31.2 Å². The van der Waals surface area contributed by atoms with E-state index in [0.717, 1.165) is 11.1 Å². The number of aromatic nitrogens is 2. The first kappa shape index (κ1) is 19.3. The molecule has 0 unspecified atom stereocenters. The van der Waals surface area contributed by atoms with E-state index < -0.39 is 10.0 Å². The molecule has 0 radical (unpaired) electrons. The van der Waals surface area contributed by atoms with Gasteiger partial charge in [-0.1, -0.05) is 46.6 Å². The lowest BCUT2D eigenvalue weighted by Gasteiger charge is -2.18. The monoisotopic (exact) mass is 403 g/mol. The fourth-order valence-corrected chi connectivity index (χ4v) is 4.00. The molecule has 0 bridgehead atoms. The molecule has 0 fully saturated rings. The van der Waals surface area contributed by atoms with Gasteiger partial charge >= 0.3 is 0 Å². The quantitative estimate of drug-likeness (QED) is 0.555. The first-order valence-electron chi connectivity index (χ1n) is 8.16. The van der Waals surface area contributed by atoms with Gasteiger partial charge in [-0.15, -0.1) is 6.58 Å². The molecule has 0 N–H and O–H groups in total. The number of halogens is 1. The van der Waals surface area contributed by atoms with Gasteiger partial charge in [0.1, 0.15) is 0 Å². The molecule has 0 saturated heterocycles. The summed E-state index contributed by atoms with van der Waals surface area (Å²) in [5.41, 5.74) is 1.87. The number of benzene rings is 2. The van der Waals surface area contributed by atoms with Crippen molar-refractivity contribution >= 4 is 21.6 Å². The van der Waals surface area contributed by atoms with Crippen molar-refractivity contribution in [3.8, 4) is 11.4 Å². The van der Waals surface area contributed by atoms with Crippen LogP contribution in [0.3, 0.4) is 0 Å². The highest BCUT2D eigenvalue weighted by Crippen LogP contribution is 2.22. The normalized spacial score (nSPS) is 11.7. The summed E-state index contributed by atoms with van der Waals surface area (Å²) in [7, 11) is -3.76. The van der Waals surface area contributed by atoms with Crippen LogP contribution in [-0.4, -0.2) is 29.4 Å². The van der Waals surface area contributed by atoms with Crippen molar-refractivity contribution in [2.75, 3.05) is 6.54 Å². The van der Waals surface area contributed by atoms with E-state index in [0.29, 0.717) is 10.8 Å². The Morgan fingerprint density at radius 2 is 1.96 bits per heavy atom. The summed E-state index contributed by atoms with van der Waals surface area (Å²) in [5, 5.41) is 4.42. The lowest BCUT2D eigenvalue weighted by Crippen LogP contribution is -2.31. The van der Waals surface area contributed by atoms with Crippen LogP contribution in [0.15, 0.2) is 70.6 Å². The van der Waals surface area contributed by atoms with E-state index in [1.165, 1.54) is 34.6 Å². The van der Waals surface area contributed by atoms with Gasteiger partial charge in [-0.05, 0) is 37.3 Å². The second-order valence-corrected chi connectivity index (χ2v) is 8.30. The van der Waals surface area contributed by atoms with Crippen molar-refractivity contribution in [2.45, 2.75) is 18.4 Å². The van der Waals surface area contributed by atoms with E-state index in [4.69, 9.17) is 16.1 Å². The van der Waals surface area contributed by atoms with Gasteiger partial charge in [0.2, 0.25) is 21.7 Å². The summed E-state index contributed by atoms with van der Waals surface area (Å²) in [4.78, 5) is 4.46. The largest absolute Gasteiger partial charge is 0.338 e. The average Bonchev–Trinajstić information content (AvgIpc) is 3.10. The molecule has 2 aromatic carbocycles. The molecule has 0 atom stereocenters. The highest BCUT2D eigenvalue weighted by atomic mass is 35.5. The molecule has 0 spiro atoms. The van der Waals surface area contributed by atoms with E-state index in [-0.39, 0.29) is 23.9 Å². The van der Waals surface area contributed by atoms with Crippen LogP contribution < -0.4 is 0 Å². The molecule has 3 rings (SSSR count). The third kappa shape index (κ3) is 4.44. The highest BCUT2D eigenvalue weighted by Gasteiger charge is 2.26. The number of hydrogen-bond acceptors (Lipinski definition) is 5. The van der Waals surface area contributed by atoms with Crippen LogP contribution in [0.25, 0.3) is 11.4 Å². The SMILES string of the molecule is C=CCN(Cc1nc(-c2cccc(C)c2)no1)S(=O)(=O)c1ccc(Cl)cc1. The summed E-state index contributed by atoms with van der Waals surface area (Å²) in [6.45, 7) is 5.64. The molecular weight excluding hydrogens is 386 g/mol. The van der Waals surface area contributed by atoms with Crippen molar-refractivity contribution in [2.24, 2.45) is 0 Å². The molecule has 0 saturated carbocycles. The Labute approximate surface area is 163 Å². The Kier molecular flexibility index (Phi) is 5.74. The van der Waals surface area contributed by atoms with Gasteiger partial charge in [-0.2, -0.15) is 9.29 Å². The summed E-state index contributed by atoms with van der Waals surface area (Å²) in [6, 6.07) is 13.6. The Hall–Kier alpha value is -2.48. The summed E-state index contributed by atoms with van der Waals surface area (Å²) < 4.78 is 32.3. The molecule has 1 aromatic heterocycles. The predicted octanol–water partition coefficient (Wildman–Crippen LogP) is 4.08. The zero-order chi connectivity index (χ0) is 19.4. The minimum Gasteiger partial charge on any atom is -0.338 e. The Morgan fingerprint density at radius 1 is 1.22 bits per heavy atom. The predicted molar refractivity (Wildman–Crippen MR) is 104 cm³/mol. The van der Waals surface area contributed by atoms with E-state index in [9.17, 15) is 8.42 Å². The summed E-state index contributed by atoms with van der Waals surface area (Å²) in [6.07, 6.45) is 1.51. The van der Waals surface area contributed by atoms with Crippen molar-refractivity contribution in [3.05, 3.63) is 77.7 Å². The van der Waals surface area contributed by atoms with Crippen molar-refractivity contribution < 1.29 is 12.9 Å². The van der Waals surface area contributed by atoms with Crippen LogP contribution in [-0.2, 0) is 16.6 Å². The maximum atomic E-state index is 12.9. The number of hydrogen-bond donors (Lipinski definition) is 0. The molecule has 8 heteroatoms. The topological polar surface area (TPSA) is 76.3 Å². The summed E-state index contributed by atoms with van der Waals surface area (Å²) >= 11 is 5.85. The van der Waals surface area contributed by atoms with Gasteiger partial charge in [0, 0.05) is 17.1 Å². The molecule has 140 valence electrons. The van der Waals surface area contributed by atoms with E-state index in [2.05, 4.69) is 16.7 Å². The van der Waals surface area contributed by atoms with Crippen LogP contribution in [0.1, 0.15) is 11.5 Å². The molecular formula is C19H18ClN3O3S. The zero-order valence-corrected chi connectivity index (χ0v) is 16.2. The minimum absolute atomic E-state index is 0.0597. The molecule has 0 aliphatic heterocycles. The molecule has 1 heterocycles. The minimum atomic E-state index is -3.76. The van der Waals surface area contributed by atoms with Gasteiger partial charge < -0.3 is 4.52 Å². The first-order chi connectivity index (χ1) is 12.9. The van der Waals surface area contributed by atoms with Gasteiger partial charge in [0.05, 0.1) is 11.4 Å². The first-order valence-corrected chi connectivity index (χ1v) is 9.98. The highest BCUT2D eigenvalue weighted by molar-refractivity contribution is 7.89. The van der Waals surface area contributed by atoms with E-state index in [1.54, 1.807) is 0 Å². The number of rotatable bonds is 7. The van der Waals surface area contributed by atoms with Crippen LogP contribution in [0.5, 0.6) is 0 Å². The lowest BCUT2D eigenvalue weighted by atomic mass is 10.1. The van der Waals surface area contributed by atoms with Crippen LogP contribution in [0.2, 0.25) is 5.02 Å². The van der Waals surface area contributed by atoms with Crippen LogP contribution in [0, 0.1) is 6.92 Å². The van der Waals surface area contributed by atoms with Gasteiger partial charge in [0.25, 0.3) is 0 Å². The van der Waals surface area contributed by atoms with Crippen molar-refractivity contribution in [1.82, 2.24) is 14.4 Å². The zero-order valence-electron chi connectivity index (χ0n) is 14.7.